The second kappa shape index (κ2) is 9.35. The molecule has 0 aromatic heterocycles. The van der Waals surface area contributed by atoms with Gasteiger partial charge in [-0.3, -0.25) is 9.36 Å². The molecule has 0 N–H and O–H groups in total. The van der Waals surface area contributed by atoms with Gasteiger partial charge in [0.25, 0.3) is 0 Å². The summed E-state index contributed by atoms with van der Waals surface area (Å²) in [5.41, 5.74) is 1.87. The minimum absolute atomic E-state index is 0.248. The maximum Gasteiger partial charge on any atom is 0.154 e. The van der Waals surface area contributed by atoms with E-state index in [1.165, 1.54) is 0 Å². The second-order valence-corrected chi connectivity index (χ2v) is 5.03. The highest BCUT2D eigenvalue weighted by Crippen LogP contribution is 2.17. The molecule has 3 nitrogen and oxygen atoms in total. The Labute approximate surface area is 121 Å². The van der Waals surface area contributed by atoms with E-state index < -0.39 is 0 Å². The molecule has 0 aliphatic heterocycles. The van der Waals surface area contributed by atoms with Crippen molar-refractivity contribution < 1.29 is 14.1 Å². The van der Waals surface area contributed by atoms with E-state index in [2.05, 4.69) is 6.07 Å². The molecule has 2 aromatic carbocycles. The van der Waals surface area contributed by atoms with Gasteiger partial charge in [0.05, 0.1) is 6.61 Å². The van der Waals surface area contributed by atoms with Gasteiger partial charge in [-0.1, -0.05) is 31.2 Å². The smallest absolute Gasteiger partial charge is 0.154 e. The second-order valence-electron chi connectivity index (χ2n) is 4.14. The Morgan fingerprint density at radius 3 is 2.35 bits per heavy atom. The summed E-state index contributed by atoms with van der Waals surface area (Å²) in [6.07, 6.45) is 1.60. The van der Waals surface area contributed by atoms with Crippen molar-refractivity contribution in [2.24, 2.45) is 0 Å². The van der Waals surface area contributed by atoms with Gasteiger partial charge in [0.15, 0.2) is 8.46 Å². The first-order chi connectivity index (χ1) is 9.74. The number of hydrogen-bond donors (Lipinski definition) is 0. The highest BCUT2D eigenvalue weighted by Gasteiger charge is 1.98. The quantitative estimate of drug-likeness (QED) is 0.602. The Kier molecular flexibility index (Phi) is 7.71. The van der Waals surface area contributed by atoms with E-state index in [4.69, 9.17) is 4.74 Å². The van der Waals surface area contributed by atoms with E-state index >= 15 is 0 Å². The van der Waals surface area contributed by atoms with Crippen LogP contribution in [0.1, 0.15) is 29.8 Å². The lowest BCUT2D eigenvalue weighted by Crippen LogP contribution is -1.91. The molecular formula is C16H19O3P. The Morgan fingerprint density at radius 2 is 1.75 bits per heavy atom. The molecule has 0 heterocycles. The van der Waals surface area contributed by atoms with Gasteiger partial charge in [0, 0.05) is 18.3 Å². The Balaban J connectivity index is 0.000000444. The lowest BCUT2D eigenvalue weighted by Gasteiger charge is -2.04. The predicted molar refractivity (Wildman–Crippen MR) is 82.8 cm³/mol. The van der Waals surface area contributed by atoms with Crippen molar-refractivity contribution in [3.8, 4) is 0 Å². The Bertz CT molecular complexity index is 567. The van der Waals surface area contributed by atoms with E-state index in [-0.39, 0.29) is 8.46 Å². The van der Waals surface area contributed by atoms with Crippen LogP contribution < -0.4 is 0 Å². The van der Waals surface area contributed by atoms with Crippen LogP contribution in [0.4, 0.5) is 0 Å². The number of ether oxygens (including phenoxy) is 1. The summed E-state index contributed by atoms with van der Waals surface area (Å²) in [4.78, 5) is 10.6. The molecule has 0 spiro atoms. The average molecular weight is 290 g/mol. The van der Waals surface area contributed by atoms with Crippen molar-refractivity contribution in [3.05, 3.63) is 47.5 Å². The molecule has 4 heteroatoms. The van der Waals surface area contributed by atoms with Gasteiger partial charge in [0.2, 0.25) is 0 Å². The highest BCUT2D eigenvalue weighted by atomic mass is 31.1. The zero-order chi connectivity index (χ0) is 14.8. The monoisotopic (exact) mass is 290 g/mol. The number of benzene rings is 2. The van der Waals surface area contributed by atoms with Crippen molar-refractivity contribution in [1.82, 2.24) is 0 Å². The lowest BCUT2D eigenvalue weighted by atomic mass is 10.1. The summed E-state index contributed by atoms with van der Waals surface area (Å²) in [5, 5.41) is 2.23. The number of hydrogen-bond acceptors (Lipinski definition) is 3. The van der Waals surface area contributed by atoms with Gasteiger partial charge in [-0.15, -0.1) is 0 Å². The van der Waals surface area contributed by atoms with Crippen LogP contribution in [-0.2, 0) is 15.9 Å². The van der Waals surface area contributed by atoms with Crippen LogP contribution in [0.15, 0.2) is 36.4 Å². The third kappa shape index (κ3) is 5.20. The Hall–Kier alpha value is -1.57. The fourth-order valence-electron chi connectivity index (χ4n) is 1.70. The van der Waals surface area contributed by atoms with Crippen molar-refractivity contribution in [2.75, 3.05) is 12.8 Å². The maximum absolute atomic E-state index is 10.6. The number of fused-ring (bicyclic) bond motifs is 1. The standard InChI is InChI=1S/C14H14O2.C2H5OP/c1-2-16-10-12-4-6-13-7-11(9-15)3-5-14(13)8-12;1-2-4-3/h3-9H,2,10H2,1H3;2H2,1H3. The zero-order valence-corrected chi connectivity index (χ0v) is 12.7. The number of rotatable bonds is 5. The fourth-order valence-corrected chi connectivity index (χ4v) is 1.70. The minimum Gasteiger partial charge on any atom is -0.377 e. The summed E-state index contributed by atoms with van der Waals surface area (Å²) >= 11 is 0. The maximum atomic E-state index is 10.6. The number of carbonyl (C=O) groups excluding carboxylic acids is 1. The third-order valence-corrected chi connectivity index (χ3v) is 2.92. The molecule has 0 fully saturated rings. The van der Waals surface area contributed by atoms with Crippen LogP contribution in [0.5, 0.6) is 0 Å². The molecule has 0 unspecified atom stereocenters. The SMILES string of the molecule is CCOCc1ccc2cc(C=O)ccc2c1.CCP=O. The molecule has 20 heavy (non-hydrogen) atoms. The van der Waals surface area contributed by atoms with Crippen molar-refractivity contribution >= 4 is 25.5 Å². The fraction of sp³-hybridized carbons (Fsp3) is 0.312. The van der Waals surface area contributed by atoms with Crippen LogP contribution in [0.2, 0.25) is 0 Å². The van der Waals surface area contributed by atoms with E-state index in [0.717, 1.165) is 35.4 Å². The first-order valence-electron chi connectivity index (χ1n) is 6.59. The van der Waals surface area contributed by atoms with Gasteiger partial charge in [0.1, 0.15) is 6.29 Å². The molecular weight excluding hydrogens is 271 g/mol. The average Bonchev–Trinajstić information content (AvgIpc) is 2.52. The van der Waals surface area contributed by atoms with Gasteiger partial charge in [-0.25, -0.2) is 0 Å². The molecule has 2 aromatic rings. The minimum atomic E-state index is 0.248. The number of carbonyl (C=O) groups is 1. The molecule has 0 amide bonds. The van der Waals surface area contributed by atoms with Crippen LogP contribution in [0.25, 0.3) is 10.8 Å². The topological polar surface area (TPSA) is 43.4 Å². The van der Waals surface area contributed by atoms with Crippen LogP contribution in [0.3, 0.4) is 0 Å². The molecule has 2 rings (SSSR count). The summed E-state index contributed by atoms with van der Waals surface area (Å²) in [6, 6.07) is 11.9. The first kappa shape index (κ1) is 16.5. The lowest BCUT2D eigenvalue weighted by molar-refractivity contribution is 0.112. The van der Waals surface area contributed by atoms with Gasteiger partial charge in [-0.2, -0.15) is 0 Å². The summed E-state index contributed by atoms with van der Waals surface area (Å²) < 4.78 is 14.6. The van der Waals surface area contributed by atoms with Gasteiger partial charge in [-0.05, 0) is 35.4 Å². The molecule has 0 atom stereocenters. The highest BCUT2D eigenvalue weighted by molar-refractivity contribution is 7.23. The van der Waals surface area contributed by atoms with Gasteiger partial charge < -0.3 is 4.74 Å². The zero-order valence-electron chi connectivity index (χ0n) is 11.8. The first-order valence-corrected chi connectivity index (χ1v) is 7.59. The van der Waals surface area contributed by atoms with Crippen molar-refractivity contribution in [3.63, 3.8) is 0 Å². The van der Waals surface area contributed by atoms with Crippen LogP contribution >= 0.6 is 8.46 Å². The molecule has 0 saturated heterocycles. The summed E-state index contributed by atoms with van der Waals surface area (Å²) in [6.45, 7) is 5.20. The molecule has 0 aliphatic carbocycles. The molecule has 0 radical (unpaired) electrons. The van der Waals surface area contributed by atoms with E-state index in [1.807, 2.05) is 44.2 Å². The molecule has 106 valence electrons. The van der Waals surface area contributed by atoms with Crippen molar-refractivity contribution in [1.29, 1.82) is 0 Å². The van der Waals surface area contributed by atoms with Crippen molar-refractivity contribution in [2.45, 2.75) is 20.5 Å². The number of aldehydes is 1. The molecule has 0 saturated carbocycles. The van der Waals surface area contributed by atoms with E-state index in [0.29, 0.717) is 12.2 Å². The van der Waals surface area contributed by atoms with E-state index in [9.17, 15) is 9.36 Å². The molecule has 0 aliphatic rings. The predicted octanol–water partition coefficient (Wildman–Crippen LogP) is 4.49. The Morgan fingerprint density at radius 1 is 1.10 bits per heavy atom. The normalized spacial score (nSPS) is 10.1. The summed E-state index contributed by atoms with van der Waals surface area (Å²) in [7, 11) is 0.248. The van der Waals surface area contributed by atoms with Crippen LogP contribution in [0, 0.1) is 0 Å². The van der Waals surface area contributed by atoms with Crippen LogP contribution in [-0.4, -0.2) is 19.1 Å². The van der Waals surface area contributed by atoms with E-state index in [1.54, 1.807) is 0 Å². The summed E-state index contributed by atoms with van der Waals surface area (Å²) in [5.74, 6) is 0. The largest absolute Gasteiger partial charge is 0.377 e. The van der Waals surface area contributed by atoms with Gasteiger partial charge >= 0.3 is 0 Å². The molecule has 0 bridgehead atoms. The third-order valence-electron chi connectivity index (χ3n) is 2.67.